The van der Waals surface area contributed by atoms with Gasteiger partial charge in [-0.3, -0.25) is 4.98 Å². The van der Waals surface area contributed by atoms with Crippen molar-refractivity contribution in [3.63, 3.8) is 0 Å². The van der Waals surface area contributed by atoms with Crippen molar-refractivity contribution in [3.8, 4) is 5.69 Å². The van der Waals surface area contributed by atoms with E-state index in [1.54, 1.807) is 0 Å². The lowest BCUT2D eigenvalue weighted by Gasteiger charge is -2.30. The van der Waals surface area contributed by atoms with Gasteiger partial charge in [0.2, 0.25) is 0 Å². The highest BCUT2D eigenvalue weighted by atomic mass is 79.9. The van der Waals surface area contributed by atoms with Crippen molar-refractivity contribution in [1.29, 1.82) is 0 Å². The van der Waals surface area contributed by atoms with Gasteiger partial charge in [0.1, 0.15) is 0 Å². The van der Waals surface area contributed by atoms with Gasteiger partial charge in [-0.15, -0.1) is 0 Å². The van der Waals surface area contributed by atoms with Crippen molar-refractivity contribution in [2.24, 2.45) is 0 Å². The number of para-hydroxylation sites is 1. The van der Waals surface area contributed by atoms with Crippen LogP contribution in [-0.4, -0.2) is 38.8 Å². The third-order valence-electron chi connectivity index (χ3n) is 6.50. The van der Waals surface area contributed by atoms with Crippen LogP contribution in [0.25, 0.3) is 5.69 Å². The Labute approximate surface area is 202 Å². The number of thiocarbonyl (C=S) groups is 1. The number of hydrogen-bond acceptors (Lipinski definition) is 3. The van der Waals surface area contributed by atoms with E-state index in [9.17, 15) is 0 Å². The summed E-state index contributed by atoms with van der Waals surface area (Å²) < 4.78 is 9.37. The van der Waals surface area contributed by atoms with Gasteiger partial charge in [0.15, 0.2) is 5.11 Å². The molecular weight excluding hydrogens is 484 g/mol. The maximum atomic E-state index is 5.98. The number of rotatable bonds is 5. The van der Waals surface area contributed by atoms with Crippen LogP contribution >= 0.6 is 28.1 Å². The molecule has 0 spiro atoms. The highest BCUT2D eigenvalue weighted by Crippen LogP contribution is 2.42. The maximum Gasteiger partial charge on any atom is 0.170 e. The van der Waals surface area contributed by atoms with E-state index in [1.807, 2.05) is 24.4 Å². The quantitative estimate of drug-likeness (QED) is 0.465. The standard InChI is InChI=1S/C25H27BrN4OS/c1-16-14-19(17(2)30(16)22-11-4-3-9-20(22)26)24-23(21-10-5-6-12-27-21)28-25(32)29(24)15-18-8-7-13-31-18/h3-6,9-12,14,18,23-24H,7-8,13,15H2,1-2H3,(H,28,32)/t18-,23+,24+/m0/s1. The fraction of sp³-hybridized carbons (Fsp3) is 0.360. The fourth-order valence-electron chi connectivity index (χ4n) is 5.04. The van der Waals surface area contributed by atoms with Gasteiger partial charge in [0.25, 0.3) is 0 Å². The van der Waals surface area contributed by atoms with Crippen LogP contribution in [0.3, 0.4) is 0 Å². The normalized spacial score (nSPS) is 23.0. The van der Waals surface area contributed by atoms with Crippen molar-refractivity contribution < 1.29 is 4.74 Å². The average molecular weight is 511 g/mol. The fourth-order valence-corrected chi connectivity index (χ4v) is 5.82. The number of halogens is 1. The number of aromatic nitrogens is 2. The summed E-state index contributed by atoms with van der Waals surface area (Å²) in [6.45, 7) is 5.99. The minimum atomic E-state index is -0.0155. The molecule has 0 radical (unpaired) electrons. The molecule has 0 amide bonds. The molecule has 0 aliphatic carbocycles. The summed E-state index contributed by atoms with van der Waals surface area (Å²) >= 11 is 9.58. The molecule has 2 saturated heterocycles. The summed E-state index contributed by atoms with van der Waals surface area (Å²) in [5.74, 6) is 0. The largest absolute Gasteiger partial charge is 0.376 e. The predicted molar refractivity (Wildman–Crippen MR) is 134 cm³/mol. The van der Waals surface area contributed by atoms with Gasteiger partial charge >= 0.3 is 0 Å². The molecule has 4 heterocycles. The number of ether oxygens (including phenoxy) is 1. The molecule has 3 aromatic rings. The highest BCUT2D eigenvalue weighted by Gasteiger charge is 2.42. The van der Waals surface area contributed by atoms with Gasteiger partial charge in [-0.2, -0.15) is 0 Å². The summed E-state index contributed by atoms with van der Waals surface area (Å²) in [5, 5.41) is 4.34. The van der Waals surface area contributed by atoms with Crippen LogP contribution in [0.2, 0.25) is 0 Å². The van der Waals surface area contributed by atoms with Crippen molar-refractivity contribution in [1.82, 2.24) is 19.8 Å². The Morgan fingerprint density at radius 1 is 1.19 bits per heavy atom. The Kier molecular flexibility index (Phi) is 6.05. The second kappa shape index (κ2) is 8.96. The minimum absolute atomic E-state index is 0.0155. The summed E-state index contributed by atoms with van der Waals surface area (Å²) in [4.78, 5) is 6.99. The van der Waals surface area contributed by atoms with Gasteiger partial charge in [-0.1, -0.05) is 18.2 Å². The lowest BCUT2D eigenvalue weighted by molar-refractivity contribution is 0.0842. The van der Waals surface area contributed by atoms with Gasteiger partial charge in [0, 0.05) is 35.2 Å². The number of benzene rings is 1. The second-order valence-electron chi connectivity index (χ2n) is 8.53. The SMILES string of the molecule is Cc1cc([C@@H]2[C@@H](c3ccccn3)NC(=S)N2C[C@@H]2CCCO2)c(C)n1-c1ccccc1Br. The number of hydrogen-bond donors (Lipinski definition) is 1. The van der Waals surface area contributed by atoms with E-state index in [4.69, 9.17) is 17.0 Å². The van der Waals surface area contributed by atoms with Crippen LogP contribution in [0.5, 0.6) is 0 Å². The van der Waals surface area contributed by atoms with Crippen LogP contribution in [-0.2, 0) is 4.74 Å². The number of pyridine rings is 1. The topological polar surface area (TPSA) is 42.3 Å². The van der Waals surface area contributed by atoms with Crippen molar-refractivity contribution in [3.05, 3.63) is 81.8 Å². The molecule has 0 bridgehead atoms. The Morgan fingerprint density at radius 3 is 2.72 bits per heavy atom. The molecule has 5 rings (SSSR count). The maximum absolute atomic E-state index is 5.98. The molecular formula is C25H27BrN4OS. The molecule has 3 atom stereocenters. The molecule has 1 aromatic carbocycles. The molecule has 2 aliphatic heterocycles. The zero-order valence-corrected chi connectivity index (χ0v) is 20.7. The number of nitrogens with zero attached hydrogens (tertiary/aromatic N) is 3. The van der Waals surface area contributed by atoms with Crippen LogP contribution in [0.1, 0.15) is 47.6 Å². The van der Waals surface area contributed by atoms with Crippen LogP contribution in [0.4, 0.5) is 0 Å². The Bertz CT molecular complexity index is 1130. The van der Waals surface area contributed by atoms with E-state index in [0.29, 0.717) is 0 Å². The third kappa shape index (κ3) is 3.87. The molecule has 1 N–H and O–H groups in total. The Morgan fingerprint density at radius 2 is 2.00 bits per heavy atom. The van der Waals surface area contributed by atoms with Crippen LogP contribution in [0.15, 0.2) is 59.2 Å². The van der Waals surface area contributed by atoms with Gasteiger partial charge in [-0.25, -0.2) is 0 Å². The summed E-state index contributed by atoms with van der Waals surface area (Å²) in [7, 11) is 0. The molecule has 0 unspecified atom stereocenters. The minimum Gasteiger partial charge on any atom is -0.376 e. The first kappa shape index (κ1) is 21.6. The van der Waals surface area contributed by atoms with E-state index in [1.165, 1.54) is 17.0 Å². The van der Waals surface area contributed by atoms with Crippen molar-refractivity contribution in [2.45, 2.75) is 44.9 Å². The van der Waals surface area contributed by atoms with Crippen LogP contribution < -0.4 is 5.32 Å². The summed E-state index contributed by atoms with van der Waals surface area (Å²) in [6.07, 6.45) is 4.26. The Balaban J connectivity index is 1.60. The first-order valence-corrected chi connectivity index (χ1v) is 12.3. The zero-order valence-electron chi connectivity index (χ0n) is 18.3. The molecule has 5 nitrogen and oxygen atoms in total. The molecule has 32 heavy (non-hydrogen) atoms. The monoisotopic (exact) mass is 510 g/mol. The van der Waals surface area contributed by atoms with Gasteiger partial charge < -0.3 is 19.5 Å². The number of aryl methyl sites for hydroxylation is 1. The van der Waals surface area contributed by atoms with E-state index in [0.717, 1.165) is 47.0 Å². The lowest BCUT2D eigenvalue weighted by Crippen LogP contribution is -2.36. The van der Waals surface area contributed by atoms with Gasteiger partial charge in [0.05, 0.1) is 29.6 Å². The van der Waals surface area contributed by atoms with E-state index < -0.39 is 0 Å². The molecule has 166 valence electrons. The van der Waals surface area contributed by atoms with E-state index in [-0.39, 0.29) is 18.2 Å². The third-order valence-corrected chi connectivity index (χ3v) is 7.53. The number of nitrogens with one attached hydrogen (secondary N) is 1. The smallest absolute Gasteiger partial charge is 0.170 e. The average Bonchev–Trinajstić information content (AvgIpc) is 3.49. The van der Waals surface area contributed by atoms with Crippen LogP contribution in [0, 0.1) is 13.8 Å². The lowest BCUT2D eigenvalue weighted by atomic mass is 9.96. The first-order valence-electron chi connectivity index (χ1n) is 11.1. The van der Waals surface area contributed by atoms with Gasteiger partial charge in [-0.05, 0) is 90.7 Å². The second-order valence-corrected chi connectivity index (χ2v) is 9.77. The Hall–Kier alpha value is -2.22. The summed E-state index contributed by atoms with van der Waals surface area (Å²) in [6, 6.07) is 16.7. The molecule has 2 aromatic heterocycles. The highest BCUT2D eigenvalue weighted by molar-refractivity contribution is 9.10. The van der Waals surface area contributed by atoms with Crippen molar-refractivity contribution >= 4 is 33.3 Å². The molecule has 2 aliphatic rings. The first-order chi connectivity index (χ1) is 15.5. The van der Waals surface area contributed by atoms with Crippen molar-refractivity contribution in [2.75, 3.05) is 13.2 Å². The van der Waals surface area contributed by atoms with E-state index in [2.05, 4.69) is 79.9 Å². The molecule has 7 heteroatoms. The molecule has 2 fully saturated rings. The molecule has 0 saturated carbocycles. The summed E-state index contributed by atoms with van der Waals surface area (Å²) in [5.41, 5.74) is 5.81. The zero-order chi connectivity index (χ0) is 22.2. The van der Waals surface area contributed by atoms with E-state index >= 15 is 0 Å². The predicted octanol–water partition coefficient (Wildman–Crippen LogP) is 5.40.